The van der Waals surface area contributed by atoms with E-state index in [1.165, 1.54) is 28.4 Å². The molecule has 0 bridgehead atoms. The lowest BCUT2D eigenvalue weighted by atomic mass is 10.0. The maximum Gasteiger partial charge on any atom is 0.352 e. The fraction of sp³-hybridized carbons (Fsp3) is 0.429. The van der Waals surface area contributed by atoms with Crippen molar-refractivity contribution in [1.29, 1.82) is 0 Å². The summed E-state index contributed by atoms with van der Waals surface area (Å²) in [6.45, 7) is 1.93. The standard InChI is InChI=1S/C21H27N9O5S3/c1-4-35-28-13(10-8-37-20(23)25-10)16(31)27-14-17(32)30-15(19(33)34)9(6-36-18(14)30)7-38-21-26-11(22)5-12(24-2)29(21)3/h5,8,12,14,18,24H,4,6-7,22H2,1-3H3,(H2,23,25)(H,27,31)(H,33,34)/b28-13-/t12?,14?,18-/m0/s1. The molecular formula is C21H27N9O5S3. The molecule has 17 heteroatoms. The Kier molecular flexibility index (Phi) is 8.49. The van der Waals surface area contributed by atoms with E-state index in [-0.39, 0.29) is 35.0 Å². The largest absolute Gasteiger partial charge is 0.477 e. The maximum absolute atomic E-state index is 13.1. The predicted octanol–water partition coefficient (Wildman–Crippen LogP) is -0.415. The van der Waals surface area contributed by atoms with Crippen LogP contribution in [-0.2, 0) is 19.2 Å². The highest BCUT2D eigenvalue weighted by atomic mass is 32.2. The van der Waals surface area contributed by atoms with Crippen molar-refractivity contribution in [2.75, 3.05) is 37.9 Å². The zero-order valence-electron chi connectivity index (χ0n) is 20.7. The Bertz CT molecular complexity index is 1260. The Balaban J connectivity index is 1.48. The summed E-state index contributed by atoms with van der Waals surface area (Å²) < 4.78 is 0. The van der Waals surface area contributed by atoms with Crippen LogP contribution in [0.4, 0.5) is 5.13 Å². The number of fused-ring (bicyclic) bond motifs is 1. The van der Waals surface area contributed by atoms with Crippen LogP contribution in [0.25, 0.3) is 0 Å². The number of carbonyl (C=O) groups is 3. The van der Waals surface area contributed by atoms with Gasteiger partial charge in [0.2, 0.25) is 0 Å². The van der Waals surface area contributed by atoms with Crippen LogP contribution >= 0.6 is 34.9 Å². The van der Waals surface area contributed by atoms with Gasteiger partial charge >= 0.3 is 5.97 Å². The summed E-state index contributed by atoms with van der Waals surface area (Å²) in [5, 5.41) is 21.4. The number of aliphatic carboxylic acids is 1. The zero-order chi connectivity index (χ0) is 27.6. The van der Waals surface area contributed by atoms with Gasteiger partial charge in [0, 0.05) is 23.9 Å². The van der Waals surface area contributed by atoms with Crippen LogP contribution in [0, 0.1) is 0 Å². The molecule has 0 aliphatic carbocycles. The van der Waals surface area contributed by atoms with Gasteiger partial charge in [0.1, 0.15) is 41.4 Å². The van der Waals surface area contributed by atoms with Crippen LogP contribution in [0.1, 0.15) is 12.6 Å². The second kappa shape index (κ2) is 11.6. The summed E-state index contributed by atoms with van der Waals surface area (Å²) in [5.74, 6) is -1.40. The molecular weight excluding hydrogens is 554 g/mol. The number of aliphatic imine (C=N–C) groups is 1. The Hall–Kier alpha value is -3.28. The van der Waals surface area contributed by atoms with Crippen LogP contribution in [0.3, 0.4) is 0 Å². The van der Waals surface area contributed by atoms with Gasteiger partial charge in [-0.2, -0.15) is 0 Å². The third-order valence-electron chi connectivity index (χ3n) is 5.74. The SMILES string of the molecule is CCO/N=C(\C(=O)NC1C(=O)N2C(C(=O)O)=C(CSC3=NC(N)=CC(NC)N3C)CS[C@@H]12)c1csc(N)n1. The van der Waals surface area contributed by atoms with Crippen LogP contribution in [0.5, 0.6) is 0 Å². The molecule has 0 radical (unpaired) electrons. The van der Waals surface area contributed by atoms with Crippen molar-refractivity contribution in [2.24, 2.45) is 15.9 Å². The van der Waals surface area contributed by atoms with Gasteiger partial charge in [-0.05, 0) is 25.6 Å². The minimum Gasteiger partial charge on any atom is -0.477 e. The number of nitrogens with one attached hydrogen (secondary N) is 2. The van der Waals surface area contributed by atoms with E-state index < -0.39 is 29.2 Å². The number of amides is 2. The highest BCUT2D eigenvalue weighted by Gasteiger charge is 2.54. The summed E-state index contributed by atoms with van der Waals surface area (Å²) in [4.78, 5) is 54.9. The van der Waals surface area contributed by atoms with Crippen LogP contribution in [-0.4, -0.2) is 98.3 Å². The molecule has 14 nitrogen and oxygen atoms in total. The van der Waals surface area contributed by atoms with Crippen molar-refractivity contribution in [3.05, 3.63) is 34.2 Å². The minimum atomic E-state index is -1.22. The Morgan fingerprint density at radius 3 is 2.79 bits per heavy atom. The number of aromatic nitrogens is 1. The molecule has 3 aliphatic heterocycles. The lowest BCUT2D eigenvalue weighted by molar-refractivity contribution is -0.150. The number of carboxylic acids is 1. The van der Waals surface area contributed by atoms with Gasteiger partial charge in [0.15, 0.2) is 16.0 Å². The Labute approximate surface area is 230 Å². The van der Waals surface area contributed by atoms with Crippen LogP contribution in [0.15, 0.2) is 38.7 Å². The molecule has 7 N–H and O–H groups in total. The Morgan fingerprint density at radius 2 is 2.16 bits per heavy atom. The van der Waals surface area contributed by atoms with Gasteiger partial charge in [-0.1, -0.05) is 16.9 Å². The van der Waals surface area contributed by atoms with Crippen LogP contribution < -0.4 is 22.1 Å². The maximum atomic E-state index is 13.1. The first-order valence-corrected chi connectivity index (χ1v) is 14.3. The molecule has 38 heavy (non-hydrogen) atoms. The van der Waals surface area contributed by atoms with Crippen molar-refractivity contribution < 1.29 is 24.3 Å². The summed E-state index contributed by atoms with van der Waals surface area (Å²) in [5.41, 5.74) is 12.2. The monoisotopic (exact) mass is 581 g/mol. The molecule has 0 saturated carbocycles. The van der Waals surface area contributed by atoms with E-state index in [0.717, 1.165) is 11.3 Å². The molecule has 1 aromatic rings. The van der Waals surface area contributed by atoms with Crippen molar-refractivity contribution in [1.82, 2.24) is 25.4 Å². The number of nitrogens with two attached hydrogens (primary N) is 2. The van der Waals surface area contributed by atoms with Gasteiger partial charge in [0.25, 0.3) is 11.8 Å². The number of nitrogens with zero attached hydrogens (tertiary/aromatic N) is 5. The summed E-state index contributed by atoms with van der Waals surface area (Å²) in [6, 6.07) is -0.936. The minimum absolute atomic E-state index is 0.0834. The van der Waals surface area contributed by atoms with Gasteiger partial charge in [-0.15, -0.1) is 23.1 Å². The number of oxime groups is 1. The summed E-state index contributed by atoms with van der Waals surface area (Å²) >= 11 is 3.84. The van der Waals surface area contributed by atoms with E-state index in [4.69, 9.17) is 16.3 Å². The highest BCUT2D eigenvalue weighted by molar-refractivity contribution is 8.14. The number of amidine groups is 1. The average molecular weight is 582 g/mol. The smallest absolute Gasteiger partial charge is 0.352 e. The van der Waals surface area contributed by atoms with Gasteiger partial charge in [-0.25, -0.2) is 14.8 Å². The molecule has 1 fully saturated rings. The van der Waals surface area contributed by atoms with Crippen molar-refractivity contribution >= 4 is 68.7 Å². The number of hydrogen-bond donors (Lipinski definition) is 5. The number of likely N-dealkylation sites (N-methyl/N-ethyl adjacent to an activating group) is 2. The summed E-state index contributed by atoms with van der Waals surface area (Å²) in [6.07, 6.45) is 1.62. The molecule has 204 valence electrons. The van der Waals surface area contributed by atoms with E-state index in [1.54, 1.807) is 25.4 Å². The number of thiazole rings is 1. The van der Waals surface area contributed by atoms with Gasteiger partial charge < -0.3 is 31.6 Å². The van der Waals surface area contributed by atoms with E-state index in [0.29, 0.717) is 28.1 Å². The number of thioether (sulfide) groups is 2. The number of carboxylic acid groups (broad SMARTS) is 1. The zero-order valence-corrected chi connectivity index (χ0v) is 23.2. The molecule has 4 heterocycles. The second-order valence-corrected chi connectivity index (χ2v) is 11.1. The Morgan fingerprint density at radius 1 is 1.39 bits per heavy atom. The lowest BCUT2D eigenvalue weighted by Gasteiger charge is -2.49. The number of nitrogen functional groups attached to an aromatic ring is 1. The lowest BCUT2D eigenvalue weighted by Crippen LogP contribution is -2.71. The fourth-order valence-electron chi connectivity index (χ4n) is 3.92. The number of β-lactam (4-membered cyclic amide) rings is 1. The first kappa shape index (κ1) is 27.7. The quantitative estimate of drug-likeness (QED) is 0.144. The fourth-order valence-corrected chi connectivity index (χ4v) is 6.97. The van der Waals surface area contributed by atoms with Gasteiger partial charge in [-0.3, -0.25) is 19.8 Å². The third kappa shape index (κ3) is 5.45. The van der Waals surface area contributed by atoms with Gasteiger partial charge in [0.05, 0.1) is 0 Å². The molecule has 1 saturated heterocycles. The van der Waals surface area contributed by atoms with Crippen molar-refractivity contribution in [3.63, 3.8) is 0 Å². The molecule has 1 aromatic heterocycles. The molecule has 0 spiro atoms. The van der Waals surface area contributed by atoms with Crippen molar-refractivity contribution in [3.8, 4) is 0 Å². The molecule has 3 aliphatic rings. The van der Waals surface area contributed by atoms with Crippen LogP contribution in [0.2, 0.25) is 0 Å². The highest BCUT2D eigenvalue weighted by Crippen LogP contribution is 2.41. The predicted molar refractivity (Wildman–Crippen MR) is 147 cm³/mol. The number of carbonyl (C=O) groups excluding carboxylic acids is 2. The average Bonchev–Trinajstić information content (AvgIpc) is 3.32. The van der Waals surface area contributed by atoms with E-state index in [1.807, 2.05) is 11.9 Å². The van der Waals surface area contributed by atoms with E-state index >= 15 is 0 Å². The molecule has 2 amide bonds. The van der Waals surface area contributed by atoms with Crippen molar-refractivity contribution in [2.45, 2.75) is 24.5 Å². The molecule has 0 aromatic carbocycles. The molecule has 4 rings (SSSR count). The first-order chi connectivity index (χ1) is 18.2. The molecule has 3 atom stereocenters. The first-order valence-electron chi connectivity index (χ1n) is 11.4. The number of rotatable bonds is 9. The van der Waals surface area contributed by atoms with E-state index in [9.17, 15) is 19.5 Å². The topological polar surface area (TPSA) is 201 Å². The molecule has 2 unspecified atom stereocenters. The normalized spacial score (nSPS) is 23.4. The number of anilines is 1. The second-order valence-electron chi connectivity index (χ2n) is 8.17. The summed E-state index contributed by atoms with van der Waals surface area (Å²) in [7, 11) is 3.65. The van der Waals surface area contributed by atoms with E-state index in [2.05, 4.69) is 25.8 Å². The number of hydrogen-bond acceptors (Lipinski definition) is 14. The third-order valence-corrected chi connectivity index (χ3v) is 8.89.